The summed E-state index contributed by atoms with van der Waals surface area (Å²) in [7, 11) is 1.26. The summed E-state index contributed by atoms with van der Waals surface area (Å²) in [5, 5.41) is 5.31. The summed E-state index contributed by atoms with van der Waals surface area (Å²) >= 11 is 0. The number of nitrogens with one attached hydrogen (secondary N) is 2. The lowest BCUT2D eigenvalue weighted by Gasteiger charge is -2.17. The largest absolute Gasteiger partial charge is 0.468 e. The molecule has 2 amide bonds. The van der Waals surface area contributed by atoms with Gasteiger partial charge < -0.3 is 15.4 Å². The summed E-state index contributed by atoms with van der Waals surface area (Å²) in [6.45, 7) is -0.178. The molecule has 0 spiro atoms. The molecule has 2 rings (SSSR count). The molecule has 0 radical (unpaired) electrons. The van der Waals surface area contributed by atoms with E-state index in [0.717, 1.165) is 19.3 Å². The number of benzene rings is 1. The minimum atomic E-state index is -0.510. The molecule has 1 aromatic rings. The van der Waals surface area contributed by atoms with E-state index in [0.29, 0.717) is 11.3 Å². The molecule has 0 saturated carbocycles. The van der Waals surface area contributed by atoms with Crippen molar-refractivity contribution in [1.82, 2.24) is 5.32 Å². The summed E-state index contributed by atoms with van der Waals surface area (Å²) in [5.74, 6) is -0.880. The molecular formula is C17H20N2O4. The second-order valence-corrected chi connectivity index (χ2v) is 5.31. The van der Waals surface area contributed by atoms with Gasteiger partial charge in [0.15, 0.2) is 0 Å². The Morgan fingerprint density at radius 1 is 1.17 bits per heavy atom. The van der Waals surface area contributed by atoms with Gasteiger partial charge in [0.2, 0.25) is 5.91 Å². The summed E-state index contributed by atoms with van der Waals surface area (Å²) < 4.78 is 4.45. The Balaban J connectivity index is 1.88. The third-order valence-electron chi connectivity index (χ3n) is 3.68. The van der Waals surface area contributed by atoms with E-state index in [1.807, 2.05) is 6.08 Å². The van der Waals surface area contributed by atoms with Gasteiger partial charge in [0.1, 0.15) is 6.54 Å². The van der Waals surface area contributed by atoms with Gasteiger partial charge in [-0.3, -0.25) is 14.4 Å². The third kappa shape index (κ3) is 4.95. The standard InChI is InChI=1S/C17H20N2O4/c1-23-15(20)11-18-16(21)13-7-9-14(10-8-13)19-17(22)12-5-3-2-4-6-12/h2-3,7-10,12H,4-6,11H2,1H3,(H,18,21)(H,19,22). The fourth-order valence-corrected chi connectivity index (χ4v) is 2.31. The molecule has 1 atom stereocenters. The minimum absolute atomic E-state index is 0.00255. The first-order valence-electron chi connectivity index (χ1n) is 7.51. The summed E-state index contributed by atoms with van der Waals surface area (Å²) in [6.07, 6.45) is 6.67. The molecule has 0 saturated heterocycles. The number of rotatable bonds is 5. The fraction of sp³-hybridized carbons (Fsp3) is 0.353. The average Bonchev–Trinajstić information content (AvgIpc) is 2.60. The van der Waals surface area contributed by atoms with E-state index in [1.54, 1.807) is 24.3 Å². The van der Waals surface area contributed by atoms with Gasteiger partial charge in [0.25, 0.3) is 5.91 Å². The molecule has 2 N–H and O–H groups in total. The maximum Gasteiger partial charge on any atom is 0.325 e. The van der Waals surface area contributed by atoms with Gasteiger partial charge in [-0.05, 0) is 43.5 Å². The molecule has 0 fully saturated rings. The Morgan fingerprint density at radius 3 is 2.52 bits per heavy atom. The van der Waals surface area contributed by atoms with E-state index in [2.05, 4.69) is 21.4 Å². The Kier molecular flexibility index (Phi) is 5.91. The molecule has 1 aliphatic rings. The Labute approximate surface area is 134 Å². The first kappa shape index (κ1) is 16.7. The van der Waals surface area contributed by atoms with Crippen LogP contribution in [0.25, 0.3) is 0 Å². The Morgan fingerprint density at radius 2 is 1.91 bits per heavy atom. The highest BCUT2D eigenvalue weighted by Crippen LogP contribution is 2.20. The van der Waals surface area contributed by atoms with Crippen molar-refractivity contribution in [2.75, 3.05) is 19.0 Å². The molecule has 6 nitrogen and oxygen atoms in total. The van der Waals surface area contributed by atoms with Gasteiger partial charge in [0, 0.05) is 17.2 Å². The van der Waals surface area contributed by atoms with Crippen molar-refractivity contribution in [3.05, 3.63) is 42.0 Å². The smallest absolute Gasteiger partial charge is 0.325 e. The predicted octanol–water partition coefficient (Wildman–Crippen LogP) is 1.88. The number of hydrogen-bond donors (Lipinski definition) is 2. The van der Waals surface area contributed by atoms with Gasteiger partial charge in [-0.1, -0.05) is 12.2 Å². The number of anilines is 1. The van der Waals surface area contributed by atoms with Gasteiger partial charge in [-0.15, -0.1) is 0 Å². The van der Waals surface area contributed by atoms with Crippen LogP contribution in [0.1, 0.15) is 29.6 Å². The quantitative estimate of drug-likeness (QED) is 0.642. The lowest BCUT2D eigenvalue weighted by Crippen LogP contribution is -2.30. The van der Waals surface area contributed by atoms with Crippen molar-refractivity contribution in [2.45, 2.75) is 19.3 Å². The van der Waals surface area contributed by atoms with Crippen molar-refractivity contribution in [1.29, 1.82) is 0 Å². The second kappa shape index (κ2) is 8.12. The van der Waals surface area contributed by atoms with E-state index < -0.39 is 5.97 Å². The number of amides is 2. The van der Waals surface area contributed by atoms with Gasteiger partial charge in [-0.25, -0.2) is 0 Å². The van der Waals surface area contributed by atoms with Crippen LogP contribution in [-0.2, 0) is 14.3 Å². The molecular weight excluding hydrogens is 296 g/mol. The van der Waals surface area contributed by atoms with Crippen molar-refractivity contribution < 1.29 is 19.1 Å². The number of carbonyl (C=O) groups is 3. The fourth-order valence-electron chi connectivity index (χ4n) is 2.31. The summed E-state index contributed by atoms with van der Waals surface area (Å²) in [4.78, 5) is 34.9. The molecule has 1 aromatic carbocycles. The number of carbonyl (C=O) groups excluding carboxylic acids is 3. The lowest BCUT2D eigenvalue weighted by atomic mass is 9.93. The Hall–Kier alpha value is -2.63. The molecule has 1 aliphatic carbocycles. The molecule has 0 bridgehead atoms. The van der Waals surface area contributed by atoms with Gasteiger partial charge >= 0.3 is 5.97 Å². The molecule has 0 aliphatic heterocycles. The zero-order valence-electron chi connectivity index (χ0n) is 13.0. The SMILES string of the molecule is COC(=O)CNC(=O)c1ccc(NC(=O)C2CC=CCC2)cc1. The van der Waals surface area contributed by atoms with Gasteiger partial charge in [-0.2, -0.15) is 0 Å². The van der Waals surface area contributed by atoms with E-state index in [4.69, 9.17) is 0 Å². The lowest BCUT2D eigenvalue weighted by molar-refractivity contribution is -0.139. The van der Waals surface area contributed by atoms with Crippen LogP contribution in [-0.4, -0.2) is 31.4 Å². The highest BCUT2D eigenvalue weighted by molar-refractivity contribution is 5.97. The summed E-state index contributed by atoms with van der Waals surface area (Å²) in [6, 6.07) is 6.54. The number of ether oxygens (including phenoxy) is 1. The van der Waals surface area contributed by atoms with Crippen LogP contribution in [0.15, 0.2) is 36.4 Å². The van der Waals surface area contributed by atoms with E-state index in [1.165, 1.54) is 7.11 Å². The van der Waals surface area contributed by atoms with E-state index in [-0.39, 0.29) is 24.3 Å². The average molecular weight is 316 g/mol. The number of esters is 1. The van der Waals surface area contributed by atoms with E-state index >= 15 is 0 Å². The molecule has 0 aromatic heterocycles. The predicted molar refractivity (Wildman–Crippen MR) is 85.9 cm³/mol. The number of hydrogen-bond acceptors (Lipinski definition) is 4. The maximum atomic E-state index is 12.1. The first-order valence-corrected chi connectivity index (χ1v) is 7.51. The van der Waals surface area contributed by atoms with Crippen LogP contribution in [0.5, 0.6) is 0 Å². The van der Waals surface area contributed by atoms with Crippen molar-refractivity contribution >= 4 is 23.5 Å². The molecule has 0 heterocycles. The molecule has 1 unspecified atom stereocenters. The molecule has 6 heteroatoms. The monoisotopic (exact) mass is 316 g/mol. The zero-order valence-corrected chi connectivity index (χ0v) is 13.0. The van der Waals surface area contributed by atoms with Crippen LogP contribution in [0, 0.1) is 5.92 Å². The minimum Gasteiger partial charge on any atom is -0.468 e. The van der Waals surface area contributed by atoms with Gasteiger partial charge in [0.05, 0.1) is 7.11 Å². The van der Waals surface area contributed by atoms with Crippen LogP contribution in [0.4, 0.5) is 5.69 Å². The number of allylic oxidation sites excluding steroid dienone is 2. The maximum absolute atomic E-state index is 12.1. The third-order valence-corrected chi connectivity index (χ3v) is 3.68. The normalized spacial score (nSPS) is 16.5. The van der Waals surface area contributed by atoms with Crippen LogP contribution >= 0.6 is 0 Å². The van der Waals surface area contributed by atoms with E-state index in [9.17, 15) is 14.4 Å². The topological polar surface area (TPSA) is 84.5 Å². The van der Waals surface area contributed by atoms with Crippen LogP contribution < -0.4 is 10.6 Å². The number of methoxy groups -OCH3 is 1. The van der Waals surface area contributed by atoms with Crippen molar-refractivity contribution in [2.24, 2.45) is 5.92 Å². The second-order valence-electron chi connectivity index (χ2n) is 5.31. The summed E-state index contributed by atoms with van der Waals surface area (Å²) in [5.41, 5.74) is 1.06. The van der Waals surface area contributed by atoms with Crippen molar-refractivity contribution in [3.63, 3.8) is 0 Å². The van der Waals surface area contributed by atoms with Crippen molar-refractivity contribution in [3.8, 4) is 0 Å². The highest BCUT2D eigenvalue weighted by atomic mass is 16.5. The Bertz CT molecular complexity index is 608. The highest BCUT2D eigenvalue weighted by Gasteiger charge is 2.18. The van der Waals surface area contributed by atoms with Crippen LogP contribution in [0.3, 0.4) is 0 Å². The van der Waals surface area contributed by atoms with Crippen LogP contribution in [0.2, 0.25) is 0 Å². The zero-order chi connectivity index (χ0) is 16.7. The first-order chi connectivity index (χ1) is 11.1. The molecule has 23 heavy (non-hydrogen) atoms. The molecule has 122 valence electrons.